The van der Waals surface area contributed by atoms with Gasteiger partial charge in [-0.3, -0.25) is 14.2 Å². The van der Waals surface area contributed by atoms with Crippen LogP contribution in [0.15, 0.2) is 53.3 Å². The Balaban J connectivity index is 1.69. The molecule has 2 aromatic carbocycles. The fourth-order valence-electron chi connectivity index (χ4n) is 2.92. The van der Waals surface area contributed by atoms with Crippen LogP contribution in [0.3, 0.4) is 0 Å². The number of nitrogens with one attached hydrogen (secondary N) is 2. The molecular formula is C20H21N3O2S. The minimum atomic E-state index is -0.154. The number of hydrogen-bond acceptors (Lipinski definition) is 3. The fourth-order valence-corrected chi connectivity index (χ4v) is 3.25. The summed E-state index contributed by atoms with van der Waals surface area (Å²) in [5.41, 5.74) is 2.21. The first kappa shape index (κ1) is 18.1. The highest BCUT2D eigenvalue weighted by Crippen LogP contribution is 2.11. The number of aromatic amines is 1. The van der Waals surface area contributed by atoms with Crippen LogP contribution in [0.1, 0.15) is 29.3 Å². The molecule has 0 spiro atoms. The van der Waals surface area contributed by atoms with Crippen molar-refractivity contribution in [3.05, 3.63) is 74.8 Å². The van der Waals surface area contributed by atoms with Crippen molar-refractivity contribution in [2.24, 2.45) is 0 Å². The monoisotopic (exact) mass is 367 g/mol. The van der Waals surface area contributed by atoms with Gasteiger partial charge in [-0.1, -0.05) is 30.3 Å². The van der Waals surface area contributed by atoms with Gasteiger partial charge in [-0.2, -0.15) is 0 Å². The summed E-state index contributed by atoms with van der Waals surface area (Å²) >= 11 is 5.21. The molecule has 0 unspecified atom stereocenters. The summed E-state index contributed by atoms with van der Waals surface area (Å²) in [6, 6.07) is 15.2. The van der Waals surface area contributed by atoms with Crippen molar-refractivity contribution < 1.29 is 4.79 Å². The van der Waals surface area contributed by atoms with Crippen LogP contribution in [0.4, 0.5) is 0 Å². The van der Waals surface area contributed by atoms with Crippen LogP contribution in [-0.2, 0) is 13.0 Å². The quantitative estimate of drug-likeness (QED) is 0.518. The van der Waals surface area contributed by atoms with Crippen molar-refractivity contribution in [2.45, 2.75) is 26.3 Å². The van der Waals surface area contributed by atoms with Crippen LogP contribution in [0, 0.1) is 4.77 Å². The molecule has 3 rings (SSSR count). The first-order chi connectivity index (χ1) is 12.6. The smallest absolute Gasteiger partial charge is 0.262 e. The molecule has 0 saturated carbocycles. The average molecular weight is 367 g/mol. The maximum Gasteiger partial charge on any atom is 0.262 e. The summed E-state index contributed by atoms with van der Waals surface area (Å²) in [5.74, 6) is -0.154. The van der Waals surface area contributed by atoms with Crippen molar-refractivity contribution in [1.29, 1.82) is 0 Å². The molecule has 0 aliphatic heterocycles. The minimum Gasteiger partial charge on any atom is -0.352 e. The molecule has 134 valence electrons. The van der Waals surface area contributed by atoms with Gasteiger partial charge < -0.3 is 10.3 Å². The van der Waals surface area contributed by atoms with Crippen LogP contribution in [0.2, 0.25) is 0 Å². The summed E-state index contributed by atoms with van der Waals surface area (Å²) < 4.78 is 1.87. The van der Waals surface area contributed by atoms with E-state index in [0.717, 1.165) is 12.8 Å². The number of rotatable bonds is 6. The molecule has 6 heteroatoms. The van der Waals surface area contributed by atoms with E-state index in [2.05, 4.69) is 22.4 Å². The molecule has 0 atom stereocenters. The topological polar surface area (TPSA) is 66.9 Å². The number of hydrogen-bond donors (Lipinski definition) is 2. The highest BCUT2D eigenvalue weighted by Gasteiger charge is 2.09. The van der Waals surface area contributed by atoms with Gasteiger partial charge in [-0.05, 0) is 55.7 Å². The molecule has 0 radical (unpaired) electrons. The van der Waals surface area contributed by atoms with E-state index in [0.29, 0.717) is 34.3 Å². The summed E-state index contributed by atoms with van der Waals surface area (Å²) in [4.78, 5) is 27.8. The Morgan fingerprint density at radius 3 is 2.69 bits per heavy atom. The molecule has 0 aliphatic carbocycles. The van der Waals surface area contributed by atoms with E-state index >= 15 is 0 Å². The van der Waals surface area contributed by atoms with Crippen LogP contribution in [0.25, 0.3) is 10.9 Å². The number of H-pyrrole nitrogens is 1. The summed E-state index contributed by atoms with van der Waals surface area (Å²) in [7, 11) is 0. The molecule has 0 fully saturated rings. The first-order valence-electron chi connectivity index (χ1n) is 8.69. The normalized spacial score (nSPS) is 10.8. The number of carbonyl (C=O) groups excluding carboxylic acids is 1. The fraction of sp³-hybridized carbons (Fsp3) is 0.250. The van der Waals surface area contributed by atoms with Gasteiger partial charge in [0.05, 0.1) is 10.9 Å². The second-order valence-corrected chi connectivity index (χ2v) is 6.47. The third-order valence-electron chi connectivity index (χ3n) is 4.33. The molecule has 2 N–H and O–H groups in total. The predicted molar refractivity (Wildman–Crippen MR) is 106 cm³/mol. The standard InChI is InChI=1S/C20H21N3O2S/c1-2-23-19(25)16-11-10-15(13-17(16)22-20(23)26)18(24)21-12-6-9-14-7-4-3-5-8-14/h3-5,7-8,10-11,13H,2,6,9,12H2,1H3,(H,21,24)(H,22,26). The summed E-state index contributed by atoms with van der Waals surface area (Å²) in [6.45, 7) is 2.97. The molecule has 1 amide bonds. The molecule has 5 nitrogen and oxygen atoms in total. The number of nitrogens with zero attached hydrogens (tertiary/aromatic N) is 1. The van der Waals surface area contributed by atoms with E-state index in [9.17, 15) is 9.59 Å². The molecule has 1 heterocycles. The van der Waals surface area contributed by atoms with Gasteiger partial charge in [0.2, 0.25) is 0 Å². The van der Waals surface area contributed by atoms with Crippen LogP contribution < -0.4 is 10.9 Å². The maximum atomic E-state index is 12.4. The lowest BCUT2D eigenvalue weighted by Gasteiger charge is -2.08. The lowest BCUT2D eigenvalue weighted by Crippen LogP contribution is -2.25. The van der Waals surface area contributed by atoms with E-state index < -0.39 is 0 Å². The predicted octanol–water partition coefficient (Wildman–Crippen LogP) is 3.44. The van der Waals surface area contributed by atoms with Gasteiger partial charge >= 0.3 is 0 Å². The van der Waals surface area contributed by atoms with Crippen molar-refractivity contribution in [3.63, 3.8) is 0 Å². The maximum absolute atomic E-state index is 12.4. The third kappa shape index (κ3) is 3.91. The Morgan fingerprint density at radius 1 is 1.19 bits per heavy atom. The average Bonchev–Trinajstić information content (AvgIpc) is 2.65. The lowest BCUT2D eigenvalue weighted by atomic mass is 10.1. The third-order valence-corrected chi connectivity index (χ3v) is 4.65. The molecular weight excluding hydrogens is 346 g/mol. The number of benzene rings is 2. The second kappa shape index (κ2) is 8.10. The molecule has 26 heavy (non-hydrogen) atoms. The number of fused-ring (bicyclic) bond motifs is 1. The van der Waals surface area contributed by atoms with Gasteiger partial charge in [0, 0.05) is 18.7 Å². The number of aromatic nitrogens is 2. The van der Waals surface area contributed by atoms with Gasteiger partial charge in [-0.25, -0.2) is 0 Å². The molecule has 0 aliphatic rings. The molecule has 0 bridgehead atoms. The number of aryl methyl sites for hydroxylation is 1. The van der Waals surface area contributed by atoms with Crippen molar-refractivity contribution in [3.8, 4) is 0 Å². The lowest BCUT2D eigenvalue weighted by molar-refractivity contribution is 0.0953. The van der Waals surface area contributed by atoms with Gasteiger partial charge in [0.15, 0.2) is 4.77 Å². The van der Waals surface area contributed by atoms with Gasteiger partial charge in [-0.15, -0.1) is 0 Å². The van der Waals surface area contributed by atoms with Gasteiger partial charge in [0.25, 0.3) is 11.5 Å². The Hall–Kier alpha value is -2.73. The highest BCUT2D eigenvalue weighted by atomic mass is 32.1. The SMILES string of the molecule is CCn1c(=S)[nH]c2cc(C(=O)NCCCc3ccccc3)ccc2c1=O. The van der Waals surface area contributed by atoms with E-state index in [1.54, 1.807) is 18.2 Å². The van der Waals surface area contributed by atoms with E-state index in [1.807, 2.05) is 25.1 Å². The van der Waals surface area contributed by atoms with Crippen LogP contribution in [0.5, 0.6) is 0 Å². The van der Waals surface area contributed by atoms with E-state index in [4.69, 9.17) is 12.2 Å². The molecule has 0 saturated heterocycles. The zero-order valence-corrected chi connectivity index (χ0v) is 15.4. The first-order valence-corrected chi connectivity index (χ1v) is 9.10. The Kier molecular flexibility index (Phi) is 5.63. The highest BCUT2D eigenvalue weighted by molar-refractivity contribution is 7.71. The van der Waals surface area contributed by atoms with Crippen molar-refractivity contribution >= 4 is 29.0 Å². The van der Waals surface area contributed by atoms with Crippen molar-refractivity contribution in [1.82, 2.24) is 14.9 Å². The number of carbonyl (C=O) groups is 1. The van der Waals surface area contributed by atoms with Crippen LogP contribution >= 0.6 is 12.2 Å². The molecule has 3 aromatic rings. The molecule has 1 aromatic heterocycles. The Bertz CT molecular complexity index is 1040. The summed E-state index contributed by atoms with van der Waals surface area (Å²) in [6.07, 6.45) is 1.79. The van der Waals surface area contributed by atoms with E-state index in [1.165, 1.54) is 10.1 Å². The Morgan fingerprint density at radius 2 is 1.96 bits per heavy atom. The van der Waals surface area contributed by atoms with Gasteiger partial charge in [0.1, 0.15) is 0 Å². The summed E-state index contributed by atoms with van der Waals surface area (Å²) in [5, 5.41) is 3.45. The zero-order valence-electron chi connectivity index (χ0n) is 14.6. The van der Waals surface area contributed by atoms with Crippen molar-refractivity contribution in [2.75, 3.05) is 6.54 Å². The Labute approximate surface area is 156 Å². The minimum absolute atomic E-state index is 0.138. The number of amides is 1. The van der Waals surface area contributed by atoms with Crippen LogP contribution in [-0.4, -0.2) is 22.0 Å². The van der Waals surface area contributed by atoms with E-state index in [-0.39, 0.29) is 11.5 Å². The second-order valence-electron chi connectivity index (χ2n) is 6.08. The largest absolute Gasteiger partial charge is 0.352 e. The zero-order chi connectivity index (χ0) is 18.5.